The van der Waals surface area contributed by atoms with Crippen molar-refractivity contribution >= 4 is 18.1 Å². The summed E-state index contributed by atoms with van der Waals surface area (Å²) in [4.78, 5) is 24.6. The molecule has 12 heteroatoms. The standard InChI is InChI=1S/C27H25F3N6O3/c1-16-10-18(5-4-17(16)6-8-35(15-37)14-27(28,29)30)19-11-20(19)21-12-23(34-36-9-7-31-24(21)36)22-13-32-26(39-3)33-25(22)38-2/h4-10,12-13,15,19-20H,11,14H2,1-3H3/b8-6-. The predicted molar refractivity (Wildman–Crippen MR) is 136 cm³/mol. The highest BCUT2D eigenvalue weighted by atomic mass is 19.4. The maximum atomic E-state index is 12.6. The number of benzene rings is 1. The first-order chi connectivity index (χ1) is 18.7. The SMILES string of the molecule is COc1ncc(-c2cc(C3CC3c3ccc(/C=C\N(C=O)CC(F)(F)F)c(C)c3)c3nccn3n2)c(OC)n1. The van der Waals surface area contributed by atoms with Crippen LogP contribution in [0.5, 0.6) is 11.9 Å². The molecule has 39 heavy (non-hydrogen) atoms. The van der Waals surface area contributed by atoms with Gasteiger partial charge >= 0.3 is 12.2 Å². The van der Waals surface area contributed by atoms with E-state index in [1.54, 1.807) is 23.1 Å². The van der Waals surface area contributed by atoms with Crippen LogP contribution in [0.3, 0.4) is 0 Å². The number of aromatic nitrogens is 5. The fraction of sp³-hybridized carbons (Fsp3) is 0.296. The lowest BCUT2D eigenvalue weighted by molar-refractivity contribution is -0.148. The number of ether oxygens (including phenoxy) is 2. The van der Waals surface area contributed by atoms with Gasteiger partial charge in [0.05, 0.1) is 25.5 Å². The van der Waals surface area contributed by atoms with Gasteiger partial charge in [-0.2, -0.15) is 23.3 Å². The first-order valence-electron chi connectivity index (χ1n) is 12.1. The largest absolute Gasteiger partial charge is 0.480 e. The van der Waals surface area contributed by atoms with Gasteiger partial charge in [0.2, 0.25) is 12.3 Å². The summed E-state index contributed by atoms with van der Waals surface area (Å²) in [5.41, 5.74) is 5.79. The number of hydrogen-bond acceptors (Lipinski definition) is 7. The third-order valence-corrected chi connectivity index (χ3v) is 6.63. The maximum absolute atomic E-state index is 12.6. The topological polar surface area (TPSA) is 94.7 Å². The number of halogens is 3. The van der Waals surface area contributed by atoms with Crippen LogP contribution >= 0.6 is 0 Å². The average Bonchev–Trinajstić information content (AvgIpc) is 3.57. The molecule has 9 nitrogen and oxygen atoms in total. The van der Waals surface area contributed by atoms with Gasteiger partial charge < -0.3 is 14.4 Å². The quantitative estimate of drug-likeness (QED) is 0.283. The molecule has 0 aliphatic heterocycles. The second kappa shape index (κ2) is 10.4. The number of imidazole rings is 1. The van der Waals surface area contributed by atoms with Gasteiger partial charge in [0.15, 0.2) is 5.65 Å². The zero-order valence-corrected chi connectivity index (χ0v) is 21.4. The molecule has 3 aromatic heterocycles. The van der Waals surface area contributed by atoms with E-state index in [1.165, 1.54) is 20.3 Å². The van der Waals surface area contributed by atoms with Crippen LogP contribution in [0.1, 0.15) is 40.5 Å². The lowest BCUT2D eigenvalue weighted by Crippen LogP contribution is -2.29. The molecular weight excluding hydrogens is 513 g/mol. The molecule has 5 rings (SSSR count). The number of amides is 1. The van der Waals surface area contributed by atoms with Gasteiger partial charge in [-0.1, -0.05) is 18.2 Å². The third kappa shape index (κ3) is 5.54. The summed E-state index contributed by atoms with van der Waals surface area (Å²) in [5.74, 6) is 0.776. The Morgan fingerprint density at radius 3 is 2.67 bits per heavy atom. The van der Waals surface area contributed by atoms with E-state index in [1.807, 2.05) is 31.2 Å². The molecule has 2 atom stereocenters. The van der Waals surface area contributed by atoms with Crippen molar-refractivity contribution in [2.75, 3.05) is 20.8 Å². The molecule has 2 unspecified atom stereocenters. The second-order valence-electron chi connectivity index (χ2n) is 9.23. The van der Waals surface area contributed by atoms with Crippen LogP contribution in [0.4, 0.5) is 13.2 Å². The van der Waals surface area contributed by atoms with Crippen LogP contribution in [0.15, 0.2) is 49.1 Å². The molecule has 3 heterocycles. The molecule has 202 valence electrons. The Kier molecular flexibility index (Phi) is 6.94. The molecule has 1 aliphatic rings. The summed E-state index contributed by atoms with van der Waals surface area (Å²) < 4.78 is 50.2. The Bertz CT molecular complexity index is 1550. The van der Waals surface area contributed by atoms with Gasteiger partial charge in [-0.25, -0.2) is 14.5 Å². The van der Waals surface area contributed by atoms with Crippen molar-refractivity contribution < 1.29 is 27.4 Å². The number of methoxy groups -OCH3 is 2. The Morgan fingerprint density at radius 1 is 1.15 bits per heavy atom. The molecule has 1 aliphatic carbocycles. The maximum Gasteiger partial charge on any atom is 0.406 e. The van der Waals surface area contributed by atoms with E-state index in [0.717, 1.165) is 40.5 Å². The van der Waals surface area contributed by atoms with Crippen LogP contribution in [0.2, 0.25) is 0 Å². The van der Waals surface area contributed by atoms with Gasteiger partial charge in [-0.05, 0) is 54.0 Å². The van der Waals surface area contributed by atoms with E-state index in [0.29, 0.717) is 22.0 Å². The zero-order valence-electron chi connectivity index (χ0n) is 21.4. The Labute approximate surface area is 221 Å². The first-order valence-corrected chi connectivity index (χ1v) is 12.1. The molecule has 4 aromatic rings. The van der Waals surface area contributed by atoms with Gasteiger partial charge in [-0.3, -0.25) is 4.79 Å². The van der Waals surface area contributed by atoms with E-state index in [2.05, 4.69) is 20.1 Å². The molecule has 1 amide bonds. The van der Waals surface area contributed by atoms with Gasteiger partial charge in [0.25, 0.3) is 0 Å². The van der Waals surface area contributed by atoms with Crippen LogP contribution in [-0.4, -0.2) is 62.8 Å². The molecule has 0 spiro atoms. The average molecular weight is 539 g/mol. The smallest absolute Gasteiger partial charge is 0.406 e. The number of aryl methyl sites for hydroxylation is 1. The van der Waals surface area contributed by atoms with Crippen molar-refractivity contribution in [1.82, 2.24) is 29.5 Å². The van der Waals surface area contributed by atoms with Crippen molar-refractivity contribution in [3.8, 4) is 23.1 Å². The number of fused-ring (bicyclic) bond motifs is 1. The minimum atomic E-state index is -4.47. The number of carbonyl (C=O) groups is 1. The number of nitrogens with zero attached hydrogens (tertiary/aromatic N) is 6. The Morgan fingerprint density at radius 2 is 1.97 bits per heavy atom. The van der Waals surface area contributed by atoms with Crippen molar-refractivity contribution in [2.45, 2.75) is 31.4 Å². The van der Waals surface area contributed by atoms with Crippen LogP contribution in [-0.2, 0) is 4.79 Å². The number of hydrogen-bond donors (Lipinski definition) is 0. The van der Waals surface area contributed by atoms with Crippen LogP contribution in [0.25, 0.3) is 23.0 Å². The molecule has 0 radical (unpaired) electrons. The summed E-state index contributed by atoms with van der Waals surface area (Å²) in [6.07, 6.45) is 4.34. The summed E-state index contributed by atoms with van der Waals surface area (Å²) in [7, 11) is 3.00. The molecule has 0 N–H and O–H groups in total. The van der Waals surface area contributed by atoms with Gasteiger partial charge in [0.1, 0.15) is 6.54 Å². The minimum absolute atomic E-state index is 0.162. The number of rotatable bonds is 9. The Hall–Kier alpha value is -4.48. The van der Waals surface area contributed by atoms with Gasteiger partial charge in [0, 0.05) is 30.4 Å². The normalized spacial score (nSPS) is 17.0. The summed E-state index contributed by atoms with van der Waals surface area (Å²) >= 11 is 0. The minimum Gasteiger partial charge on any atom is -0.480 e. The third-order valence-electron chi connectivity index (χ3n) is 6.63. The second-order valence-corrected chi connectivity index (χ2v) is 9.23. The van der Waals surface area contributed by atoms with Crippen molar-refractivity contribution in [3.63, 3.8) is 0 Å². The van der Waals surface area contributed by atoms with E-state index in [9.17, 15) is 18.0 Å². The lowest BCUT2D eigenvalue weighted by Gasteiger charge is -2.14. The number of alkyl halides is 3. The molecule has 0 saturated heterocycles. The zero-order chi connectivity index (χ0) is 27.7. The highest BCUT2D eigenvalue weighted by Crippen LogP contribution is 2.56. The summed E-state index contributed by atoms with van der Waals surface area (Å²) in [6, 6.07) is 8.03. The van der Waals surface area contributed by atoms with Crippen LogP contribution in [0, 0.1) is 6.92 Å². The van der Waals surface area contributed by atoms with Crippen molar-refractivity contribution in [2.24, 2.45) is 0 Å². The first kappa shape index (κ1) is 26.1. The van der Waals surface area contributed by atoms with E-state index in [4.69, 9.17) is 9.47 Å². The fourth-order valence-corrected chi connectivity index (χ4v) is 4.66. The monoisotopic (exact) mass is 538 g/mol. The van der Waals surface area contributed by atoms with Crippen molar-refractivity contribution in [1.29, 1.82) is 0 Å². The van der Waals surface area contributed by atoms with Gasteiger partial charge in [-0.15, -0.1) is 0 Å². The highest BCUT2D eigenvalue weighted by Gasteiger charge is 2.41. The molecule has 1 aromatic carbocycles. The molecule has 1 fully saturated rings. The highest BCUT2D eigenvalue weighted by molar-refractivity contribution is 5.68. The van der Waals surface area contributed by atoms with Crippen LogP contribution < -0.4 is 9.47 Å². The summed E-state index contributed by atoms with van der Waals surface area (Å²) in [6.45, 7) is 0.557. The molecular formula is C27H25F3N6O3. The fourth-order valence-electron chi connectivity index (χ4n) is 4.66. The number of carbonyl (C=O) groups excluding carboxylic acids is 1. The Balaban J connectivity index is 1.41. The predicted octanol–water partition coefficient (Wildman–Crippen LogP) is 4.77. The van der Waals surface area contributed by atoms with Crippen molar-refractivity contribution in [3.05, 3.63) is 71.3 Å². The lowest BCUT2D eigenvalue weighted by atomic mass is 9.99. The van der Waals surface area contributed by atoms with E-state index >= 15 is 0 Å². The molecule has 0 bridgehead atoms. The van der Waals surface area contributed by atoms with E-state index in [-0.39, 0.29) is 24.3 Å². The molecule has 1 saturated carbocycles. The van der Waals surface area contributed by atoms with E-state index < -0.39 is 12.7 Å². The summed E-state index contributed by atoms with van der Waals surface area (Å²) in [5, 5.41) is 4.67.